The maximum absolute atomic E-state index is 12.2. The van der Waals surface area contributed by atoms with E-state index in [1.807, 2.05) is 11.4 Å². The first-order valence-corrected chi connectivity index (χ1v) is 7.34. The van der Waals surface area contributed by atoms with Crippen molar-refractivity contribution in [3.63, 3.8) is 0 Å². The number of rotatable bonds is 3. The molecule has 1 saturated heterocycles. The zero-order valence-corrected chi connectivity index (χ0v) is 12.1. The summed E-state index contributed by atoms with van der Waals surface area (Å²) in [6, 6.07) is 2.00. The van der Waals surface area contributed by atoms with Crippen molar-refractivity contribution in [1.82, 2.24) is 9.80 Å². The molecule has 102 valence electrons. The number of thiophene rings is 1. The predicted octanol–water partition coefficient (Wildman–Crippen LogP) is 3.19. The molecule has 0 aromatic carbocycles. The maximum atomic E-state index is 12.2. The molecule has 2 nitrogen and oxygen atoms in total. The highest BCUT2D eigenvalue weighted by Gasteiger charge is 2.32. The minimum atomic E-state index is -4.08. The fraction of sp³-hybridized carbons (Fsp3) is 0.636. The van der Waals surface area contributed by atoms with Crippen molar-refractivity contribution >= 4 is 27.3 Å². The van der Waals surface area contributed by atoms with Gasteiger partial charge in [-0.3, -0.25) is 9.80 Å². The van der Waals surface area contributed by atoms with Crippen LogP contribution in [0.15, 0.2) is 15.9 Å². The first-order valence-electron chi connectivity index (χ1n) is 5.67. The number of halogens is 4. The van der Waals surface area contributed by atoms with Gasteiger partial charge in [-0.2, -0.15) is 13.2 Å². The topological polar surface area (TPSA) is 6.48 Å². The third kappa shape index (κ3) is 4.22. The van der Waals surface area contributed by atoms with Gasteiger partial charge in [-0.25, -0.2) is 0 Å². The van der Waals surface area contributed by atoms with Crippen LogP contribution in [0, 0.1) is 0 Å². The monoisotopic (exact) mass is 342 g/mol. The van der Waals surface area contributed by atoms with E-state index >= 15 is 0 Å². The zero-order valence-electron chi connectivity index (χ0n) is 9.71. The van der Waals surface area contributed by atoms with Gasteiger partial charge in [0.2, 0.25) is 0 Å². The van der Waals surface area contributed by atoms with Gasteiger partial charge in [-0.05, 0) is 27.4 Å². The van der Waals surface area contributed by atoms with Gasteiger partial charge in [0, 0.05) is 42.1 Å². The van der Waals surface area contributed by atoms with Gasteiger partial charge in [-0.1, -0.05) is 0 Å². The Labute approximate surface area is 117 Å². The minimum absolute atomic E-state index is 0.489. The van der Waals surface area contributed by atoms with Crippen LogP contribution in [0.4, 0.5) is 13.2 Å². The standard InChI is InChI=1S/C11H14BrF3N2S/c12-9-1-6-18-10(9)7-16-2-4-17(5-3-16)8-11(13,14)15/h1,6H,2-5,7-8H2. The first kappa shape index (κ1) is 14.3. The lowest BCUT2D eigenvalue weighted by Gasteiger charge is -2.34. The number of hydrogen-bond acceptors (Lipinski definition) is 3. The largest absolute Gasteiger partial charge is 0.401 e. The van der Waals surface area contributed by atoms with Crippen molar-refractivity contribution in [3.05, 3.63) is 20.8 Å². The van der Waals surface area contributed by atoms with Crippen LogP contribution in [0.1, 0.15) is 4.88 Å². The van der Waals surface area contributed by atoms with Gasteiger partial charge < -0.3 is 0 Å². The molecule has 1 fully saturated rings. The summed E-state index contributed by atoms with van der Waals surface area (Å²) in [5, 5.41) is 2.01. The molecule has 0 saturated carbocycles. The molecule has 0 atom stereocenters. The summed E-state index contributed by atoms with van der Waals surface area (Å²) < 4.78 is 37.8. The van der Waals surface area contributed by atoms with E-state index in [0.29, 0.717) is 26.2 Å². The van der Waals surface area contributed by atoms with Crippen molar-refractivity contribution in [2.75, 3.05) is 32.7 Å². The van der Waals surface area contributed by atoms with E-state index in [1.54, 1.807) is 11.3 Å². The van der Waals surface area contributed by atoms with Gasteiger partial charge in [0.1, 0.15) is 0 Å². The average molecular weight is 343 g/mol. The van der Waals surface area contributed by atoms with E-state index < -0.39 is 12.7 Å². The van der Waals surface area contributed by atoms with Crippen LogP contribution in [0.5, 0.6) is 0 Å². The molecule has 2 heterocycles. The molecule has 1 aromatic rings. The van der Waals surface area contributed by atoms with Crippen LogP contribution >= 0.6 is 27.3 Å². The molecule has 0 amide bonds. The van der Waals surface area contributed by atoms with Crippen LogP contribution < -0.4 is 0 Å². The van der Waals surface area contributed by atoms with Gasteiger partial charge >= 0.3 is 6.18 Å². The van der Waals surface area contributed by atoms with Crippen LogP contribution in [-0.4, -0.2) is 48.7 Å². The molecule has 0 unspecified atom stereocenters. The van der Waals surface area contributed by atoms with Crippen molar-refractivity contribution in [2.24, 2.45) is 0 Å². The summed E-state index contributed by atoms with van der Waals surface area (Å²) in [4.78, 5) is 4.91. The SMILES string of the molecule is FC(F)(F)CN1CCN(Cc2sccc2Br)CC1. The highest BCUT2D eigenvalue weighted by molar-refractivity contribution is 9.10. The van der Waals surface area contributed by atoms with E-state index in [9.17, 15) is 13.2 Å². The Morgan fingerprint density at radius 3 is 2.28 bits per heavy atom. The van der Waals surface area contributed by atoms with Crippen LogP contribution in [0.3, 0.4) is 0 Å². The number of piperazine rings is 1. The molecule has 7 heteroatoms. The molecular weight excluding hydrogens is 329 g/mol. The smallest absolute Gasteiger partial charge is 0.296 e. The molecule has 0 radical (unpaired) electrons. The molecule has 1 aromatic heterocycles. The van der Waals surface area contributed by atoms with Gasteiger partial charge in [0.05, 0.1) is 6.54 Å². The van der Waals surface area contributed by atoms with E-state index in [-0.39, 0.29) is 0 Å². The van der Waals surface area contributed by atoms with E-state index in [0.717, 1.165) is 11.0 Å². The Balaban J connectivity index is 1.79. The van der Waals surface area contributed by atoms with Gasteiger partial charge in [0.15, 0.2) is 0 Å². The van der Waals surface area contributed by atoms with Crippen LogP contribution in [0.2, 0.25) is 0 Å². The second-order valence-corrected chi connectivity index (χ2v) is 6.21. The van der Waals surface area contributed by atoms with Crippen molar-refractivity contribution < 1.29 is 13.2 Å². The molecule has 0 aliphatic carbocycles. The lowest BCUT2D eigenvalue weighted by atomic mass is 10.3. The normalized spacial score (nSPS) is 19.3. The molecule has 0 spiro atoms. The minimum Gasteiger partial charge on any atom is -0.296 e. The Morgan fingerprint density at radius 2 is 1.78 bits per heavy atom. The molecule has 2 rings (SSSR count). The number of alkyl halides is 3. The van der Waals surface area contributed by atoms with Crippen molar-refractivity contribution in [1.29, 1.82) is 0 Å². The summed E-state index contributed by atoms with van der Waals surface area (Å²) in [5.74, 6) is 0. The quantitative estimate of drug-likeness (QED) is 0.832. The molecule has 1 aliphatic rings. The van der Waals surface area contributed by atoms with Crippen molar-refractivity contribution in [3.8, 4) is 0 Å². The first-order chi connectivity index (χ1) is 8.44. The second-order valence-electron chi connectivity index (χ2n) is 4.36. The predicted molar refractivity (Wildman–Crippen MR) is 69.8 cm³/mol. The second kappa shape index (κ2) is 5.90. The molecule has 0 N–H and O–H groups in total. The molecule has 1 aliphatic heterocycles. The number of nitrogens with zero attached hydrogens (tertiary/aromatic N) is 2. The van der Waals surface area contributed by atoms with Gasteiger partial charge in [-0.15, -0.1) is 11.3 Å². The van der Waals surface area contributed by atoms with Crippen LogP contribution in [0.25, 0.3) is 0 Å². The molecule has 18 heavy (non-hydrogen) atoms. The fourth-order valence-electron chi connectivity index (χ4n) is 2.00. The van der Waals surface area contributed by atoms with E-state index in [2.05, 4.69) is 20.8 Å². The molecule has 0 bridgehead atoms. The highest BCUT2D eigenvalue weighted by atomic mass is 79.9. The summed E-state index contributed by atoms with van der Waals surface area (Å²) >= 11 is 5.14. The van der Waals surface area contributed by atoms with Crippen LogP contribution in [-0.2, 0) is 6.54 Å². The average Bonchev–Trinajstić information content (AvgIpc) is 2.65. The summed E-state index contributed by atoms with van der Waals surface area (Å²) in [7, 11) is 0. The summed E-state index contributed by atoms with van der Waals surface area (Å²) in [5.41, 5.74) is 0. The maximum Gasteiger partial charge on any atom is 0.401 e. The number of hydrogen-bond donors (Lipinski definition) is 0. The Morgan fingerprint density at radius 1 is 1.17 bits per heavy atom. The Bertz CT molecular complexity index is 386. The van der Waals surface area contributed by atoms with E-state index in [4.69, 9.17) is 0 Å². The van der Waals surface area contributed by atoms with Crippen molar-refractivity contribution in [2.45, 2.75) is 12.7 Å². The third-order valence-electron chi connectivity index (χ3n) is 2.93. The van der Waals surface area contributed by atoms with Gasteiger partial charge in [0.25, 0.3) is 0 Å². The Hall–Kier alpha value is -0.110. The third-order valence-corrected chi connectivity index (χ3v) is 4.84. The van der Waals surface area contributed by atoms with E-state index in [1.165, 1.54) is 9.78 Å². The molecular formula is C11H14BrF3N2S. The highest BCUT2D eigenvalue weighted by Crippen LogP contribution is 2.25. The Kier molecular flexibility index (Phi) is 4.69. The fourth-order valence-corrected chi connectivity index (χ4v) is 3.52. The summed E-state index contributed by atoms with van der Waals surface area (Å²) in [6.07, 6.45) is -4.08. The summed E-state index contributed by atoms with van der Waals surface area (Å²) in [6.45, 7) is 2.40. The lowest BCUT2D eigenvalue weighted by Crippen LogP contribution is -2.48. The lowest BCUT2D eigenvalue weighted by molar-refractivity contribution is -0.149. The zero-order chi connectivity index (χ0) is 13.2.